The van der Waals surface area contributed by atoms with Crippen LogP contribution in [0.4, 0.5) is 8.78 Å². The Labute approximate surface area is 126 Å². The Morgan fingerprint density at radius 2 is 1.76 bits per heavy atom. The third-order valence-corrected chi connectivity index (χ3v) is 5.22. The van der Waals surface area contributed by atoms with Crippen molar-refractivity contribution in [1.29, 1.82) is 0 Å². The summed E-state index contributed by atoms with van der Waals surface area (Å²) in [5.41, 5.74) is 0.861. The topological polar surface area (TPSA) is 18.8 Å². The van der Waals surface area contributed by atoms with Gasteiger partial charge < -0.3 is 0 Å². The number of rotatable bonds is 0. The highest BCUT2D eigenvalue weighted by atomic mass is 19.3. The number of hydrazine groups is 1. The lowest BCUT2D eigenvalue weighted by atomic mass is 9.83. The van der Waals surface area contributed by atoms with Crippen LogP contribution in [0.2, 0.25) is 0 Å². The summed E-state index contributed by atoms with van der Waals surface area (Å²) >= 11 is 0. The second-order valence-corrected chi connectivity index (χ2v) is 7.59. The molecule has 0 radical (unpaired) electrons. The van der Waals surface area contributed by atoms with Crippen molar-refractivity contribution < 1.29 is 8.78 Å². The van der Waals surface area contributed by atoms with Crippen LogP contribution in [0.5, 0.6) is 0 Å². The van der Waals surface area contributed by atoms with Gasteiger partial charge in [-0.05, 0) is 43.9 Å². The van der Waals surface area contributed by atoms with Gasteiger partial charge in [-0.25, -0.2) is 13.9 Å². The van der Waals surface area contributed by atoms with Gasteiger partial charge in [0.2, 0.25) is 0 Å². The van der Waals surface area contributed by atoms with E-state index in [4.69, 9.17) is 0 Å². The molecule has 1 saturated heterocycles. The Morgan fingerprint density at radius 3 is 2.57 bits per heavy atom. The van der Waals surface area contributed by atoms with E-state index in [2.05, 4.69) is 18.9 Å². The second-order valence-electron chi connectivity index (χ2n) is 7.59. The molecule has 2 fully saturated rings. The molecule has 120 valence electrons. The van der Waals surface area contributed by atoms with Crippen LogP contribution in [-0.2, 0) is 0 Å². The molecule has 0 bridgehead atoms. The van der Waals surface area contributed by atoms with Crippen molar-refractivity contribution in [3.05, 3.63) is 0 Å². The molecule has 5 heteroatoms. The summed E-state index contributed by atoms with van der Waals surface area (Å²) in [6.07, 6.45) is 6.31. The summed E-state index contributed by atoms with van der Waals surface area (Å²) in [4.78, 5) is 0. The van der Waals surface area contributed by atoms with Crippen molar-refractivity contribution in [2.24, 2.45) is 10.5 Å². The summed E-state index contributed by atoms with van der Waals surface area (Å²) < 4.78 is 29.6. The van der Waals surface area contributed by atoms with Gasteiger partial charge in [0.1, 0.15) is 6.04 Å². The number of nitrogens with zero attached hydrogens (tertiary/aromatic N) is 3. The number of halogens is 2. The molecule has 3 rings (SSSR count). The van der Waals surface area contributed by atoms with Crippen LogP contribution in [0.15, 0.2) is 5.10 Å². The summed E-state index contributed by atoms with van der Waals surface area (Å²) in [7, 11) is 0. The predicted octanol–water partition coefficient (Wildman–Crippen LogP) is 4.05. The fourth-order valence-electron chi connectivity index (χ4n) is 3.87. The average molecular weight is 299 g/mol. The van der Waals surface area contributed by atoms with E-state index in [1.807, 2.05) is 10.1 Å². The van der Waals surface area contributed by atoms with Crippen molar-refractivity contribution >= 4 is 5.71 Å². The van der Waals surface area contributed by atoms with Crippen molar-refractivity contribution in [1.82, 2.24) is 10.1 Å². The SMILES string of the molecule is CC1(C)CCCC(F)(F)C2C(=NN3CCCCCN23)CC1. The van der Waals surface area contributed by atoms with E-state index in [9.17, 15) is 8.78 Å². The molecule has 1 aliphatic carbocycles. The zero-order valence-electron chi connectivity index (χ0n) is 13.2. The monoisotopic (exact) mass is 299 g/mol. The third kappa shape index (κ3) is 3.08. The number of hydrogen-bond acceptors (Lipinski definition) is 3. The second kappa shape index (κ2) is 5.49. The van der Waals surface area contributed by atoms with Crippen LogP contribution in [-0.4, -0.2) is 40.9 Å². The Bertz CT molecular complexity index is 420. The minimum absolute atomic E-state index is 0.00947. The van der Waals surface area contributed by atoms with Gasteiger partial charge in [-0.1, -0.05) is 20.3 Å². The first-order valence-electron chi connectivity index (χ1n) is 8.38. The summed E-state index contributed by atoms with van der Waals surface area (Å²) in [5.74, 6) is -2.65. The molecule has 2 aliphatic heterocycles. The van der Waals surface area contributed by atoms with Crippen LogP contribution in [0.1, 0.15) is 65.2 Å². The highest BCUT2D eigenvalue weighted by Gasteiger charge is 2.51. The molecule has 0 spiro atoms. The number of hydrazone groups is 1. The highest BCUT2D eigenvalue weighted by Crippen LogP contribution is 2.41. The molecule has 3 nitrogen and oxygen atoms in total. The molecule has 1 saturated carbocycles. The smallest absolute Gasteiger partial charge is 0.226 e. The van der Waals surface area contributed by atoms with Gasteiger partial charge in [0.05, 0.1) is 12.3 Å². The number of hydrogen-bond donors (Lipinski definition) is 0. The lowest BCUT2D eigenvalue weighted by Gasteiger charge is -2.34. The highest BCUT2D eigenvalue weighted by molar-refractivity contribution is 5.91. The standard InChI is InChI=1S/C16H27F2N3/c1-15(2)8-6-9-16(17,18)14-13(7-10-15)19-21-12-5-3-4-11-20(14)21/h14H,3-12H2,1-2H3. The van der Waals surface area contributed by atoms with E-state index >= 15 is 0 Å². The molecule has 21 heavy (non-hydrogen) atoms. The summed E-state index contributed by atoms with van der Waals surface area (Å²) in [6.45, 7) is 5.90. The minimum Gasteiger partial charge on any atom is -0.226 e. The van der Waals surface area contributed by atoms with Crippen LogP contribution < -0.4 is 0 Å². The van der Waals surface area contributed by atoms with E-state index in [1.54, 1.807) is 0 Å². The lowest BCUT2D eigenvalue weighted by Crippen LogP contribution is -2.52. The van der Waals surface area contributed by atoms with E-state index in [0.717, 1.165) is 50.9 Å². The van der Waals surface area contributed by atoms with Gasteiger partial charge in [0.25, 0.3) is 5.92 Å². The predicted molar refractivity (Wildman–Crippen MR) is 80.3 cm³/mol. The van der Waals surface area contributed by atoms with Gasteiger partial charge >= 0.3 is 0 Å². The van der Waals surface area contributed by atoms with E-state index in [0.29, 0.717) is 12.8 Å². The maximum atomic E-state index is 14.8. The average Bonchev–Trinajstić information content (AvgIpc) is 2.61. The van der Waals surface area contributed by atoms with Gasteiger partial charge in [0.15, 0.2) is 0 Å². The van der Waals surface area contributed by atoms with Crippen LogP contribution in [0.25, 0.3) is 0 Å². The molecule has 2 heterocycles. The van der Waals surface area contributed by atoms with Crippen LogP contribution >= 0.6 is 0 Å². The molecule has 1 unspecified atom stereocenters. The number of fused-ring (bicyclic) bond motifs is 3. The molecule has 0 N–H and O–H groups in total. The minimum atomic E-state index is -2.65. The third-order valence-electron chi connectivity index (χ3n) is 5.22. The summed E-state index contributed by atoms with van der Waals surface area (Å²) in [6, 6.07) is -0.788. The van der Waals surface area contributed by atoms with Crippen molar-refractivity contribution in [2.45, 2.75) is 77.2 Å². The molecular weight excluding hydrogens is 272 g/mol. The Balaban J connectivity index is 1.89. The van der Waals surface area contributed by atoms with E-state index < -0.39 is 12.0 Å². The van der Waals surface area contributed by atoms with Crippen LogP contribution in [0, 0.1) is 5.41 Å². The number of alkyl halides is 2. The van der Waals surface area contributed by atoms with Gasteiger partial charge in [-0.3, -0.25) is 0 Å². The fraction of sp³-hybridized carbons (Fsp3) is 0.938. The molecule has 0 aromatic rings. The first kappa shape index (κ1) is 15.2. The quantitative estimate of drug-likeness (QED) is 0.672. The van der Waals surface area contributed by atoms with E-state index in [1.165, 1.54) is 0 Å². The Morgan fingerprint density at radius 1 is 1.00 bits per heavy atom. The maximum absolute atomic E-state index is 14.8. The van der Waals surface area contributed by atoms with Crippen molar-refractivity contribution in [3.8, 4) is 0 Å². The Hall–Kier alpha value is -0.710. The molecule has 0 aromatic carbocycles. The lowest BCUT2D eigenvalue weighted by molar-refractivity contribution is -0.118. The zero-order chi connectivity index (χ0) is 15.1. The Kier molecular flexibility index (Phi) is 3.97. The van der Waals surface area contributed by atoms with Gasteiger partial charge in [-0.15, -0.1) is 0 Å². The molecule has 0 aromatic heterocycles. The normalized spacial score (nSPS) is 33.0. The van der Waals surface area contributed by atoms with Crippen molar-refractivity contribution in [3.63, 3.8) is 0 Å². The first-order valence-corrected chi connectivity index (χ1v) is 8.38. The largest absolute Gasteiger partial charge is 0.270 e. The van der Waals surface area contributed by atoms with Gasteiger partial charge in [-0.2, -0.15) is 10.1 Å². The van der Waals surface area contributed by atoms with Crippen LogP contribution in [0.3, 0.4) is 0 Å². The van der Waals surface area contributed by atoms with Crippen molar-refractivity contribution in [2.75, 3.05) is 13.1 Å². The first-order chi connectivity index (χ1) is 9.89. The van der Waals surface area contributed by atoms with Gasteiger partial charge in [0, 0.05) is 13.0 Å². The fourth-order valence-corrected chi connectivity index (χ4v) is 3.87. The molecule has 0 amide bonds. The summed E-state index contributed by atoms with van der Waals surface area (Å²) in [5, 5.41) is 8.30. The maximum Gasteiger partial charge on any atom is 0.270 e. The molecule has 1 atom stereocenters. The molecule has 3 aliphatic rings. The zero-order valence-corrected chi connectivity index (χ0v) is 13.2. The van der Waals surface area contributed by atoms with E-state index in [-0.39, 0.29) is 11.8 Å². The molecular formula is C16H27F2N3.